The van der Waals surface area contributed by atoms with Gasteiger partial charge in [-0.1, -0.05) is 48.0 Å². The van der Waals surface area contributed by atoms with Gasteiger partial charge in [0.05, 0.1) is 27.5 Å². The number of anilines is 2. The topological polar surface area (TPSA) is 75.2 Å². The largest absolute Gasteiger partial charge is 0.357 e. The summed E-state index contributed by atoms with van der Waals surface area (Å²) in [5.74, 6) is 0.165. The fourth-order valence-corrected chi connectivity index (χ4v) is 5.05. The molecular weight excluding hydrogens is 384 g/mol. The van der Waals surface area contributed by atoms with Crippen molar-refractivity contribution >= 4 is 33.3 Å². The summed E-state index contributed by atoms with van der Waals surface area (Å²) in [5.41, 5.74) is 2.13. The van der Waals surface area contributed by atoms with Crippen LogP contribution >= 0.6 is 11.6 Å². The lowest BCUT2D eigenvalue weighted by Gasteiger charge is -2.20. The summed E-state index contributed by atoms with van der Waals surface area (Å²) >= 11 is 6.36. The lowest BCUT2D eigenvalue weighted by atomic mass is 9.98. The minimum Gasteiger partial charge on any atom is -0.357 e. The Morgan fingerprint density at radius 3 is 2.56 bits per heavy atom. The van der Waals surface area contributed by atoms with Crippen molar-refractivity contribution in [1.29, 1.82) is 0 Å². The van der Waals surface area contributed by atoms with Crippen molar-refractivity contribution in [3.63, 3.8) is 0 Å². The molecule has 0 radical (unpaired) electrons. The molecule has 0 bridgehead atoms. The maximum Gasteiger partial charge on any atom is 0.264 e. The molecule has 2 heterocycles. The summed E-state index contributed by atoms with van der Waals surface area (Å²) in [6.07, 6.45) is 1.53. The van der Waals surface area contributed by atoms with Crippen molar-refractivity contribution in [3.8, 4) is 0 Å². The fraction of sp³-hybridized carbons (Fsp3) is 0.158. The summed E-state index contributed by atoms with van der Waals surface area (Å²) in [6, 6.07) is 15.9. The van der Waals surface area contributed by atoms with E-state index in [4.69, 9.17) is 11.6 Å². The molecule has 0 amide bonds. The number of hydrogen-bond donors (Lipinski definition) is 1. The Balaban J connectivity index is 1.83. The van der Waals surface area contributed by atoms with Crippen molar-refractivity contribution in [2.75, 3.05) is 23.2 Å². The molecule has 2 aromatic carbocycles. The third-order valence-corrected chi connectivity index (χ3v) is 6.67. The molecule has 3 aromatic rings. The van der Waals surface area contributed by atoms with Crippen LogP contribution in [0.3, 0.4) is 0 Å². The van der Waals surface area contributed by atoms with Crippen LogP contribution in [0, 0.1) is 0 Å². The number of para-hydroxylation sites is 1. The average Bonchev–Trinajstić information content (AvgIpc) is 3.09. The second-order valence-corrected chi connectivity index (χ2v) is 8.41. The molecule has 1 atom stereocenters. The van der Waals surface area contributed by atoms with E-state index < -0.39 is 10.0 Å². The first-order valence-corrected chi connectivity index (χ1v) is 10.2. The van der Waals surface area contributed by atoms with Gasteiger partial charge in [0.25, 0.3) is 10.0 Å². The molecule has 0 saturated heterocycles. The molecule has 0 fully saturated rings. The normalized spacial score (nSPS) is 16.2. The van der Waals surface area contributed by atoms with Crippen LogP contribution in [0.2, 0.25) is 5.02 Å². The minimum absolute atomic E-state index is 0.233. The van der Waals surface area contributed by atoms with Crippen LogP contribution in [0.5, 0.6) is 0 Å². The fourth-order valence-electron chi connectivity index (χ4n) is 3.30. The van der Waals surface area contributed by atoms with Crippen molar-refractivity contribution in [1.82, 2.24) is 9.97 Å². The lowest BCUT2D eigenvalue weighted by Crippen LogP contribution is -2.30. The second kappa shape index (κ2) is 6.83. The van der Waals surface area contributed by atoms with Crippen molar-refractivity contribution in [3.05, 3.63) is 77.1 Å². The van der Waals surface area contributed by atoms with E-state index in [9.17, 15) is 8.42 Å². The molecule has 138 valence electrons. The highest BCUT2D eigenvalue weighted by molar-refractivity contribution is 7.92. The smallest absolute Gasteiger partial charge is 0.264 e. The van der Waals surface area contributed by atoms with Gasteiger partial charge in [0.2, 0.25) is 5.95 Å². The van der Waals surface area contributed by atoms with Crippen LogP contribution in [0.25, 0.3) is 0 Å². The number of hydrogen-bond acceptors (Lipinski definition) is 5. The van der Waals surface area contributed by atoms with Gasteiger partial charge in [-0.2, -0.15) is 0 Å². The van der Waals surface area contributed by atoms with Gasteiger partial charge in [-0.05, 0) is 23.8 Å². The number of fused-ring (bicyclic) bond motifs is 1. The van der Waals surface area contributed by atoms with E-state index in [2.05, 4.69) is 15.3 Å². The molecule has 0 saturated carbocycles. The predicted molar refractivity (Wildman–Crippen MR) is 106 cm³/mol. The van der Waals surface area contributed by atoms with Gasteiger partial charge < -0.3 is 5.32 Å². The van der Waals surface area contributed by atoms with Crippen molar-refractivity contribution in [2.24, 2.45) is 0 Å². The van der Waals surface area contributed by atoms with Crippen LogP contribution in [-0.4, -0.2) is 32.0 Å². The standard InChI is InChI=1S/C19H17ClN4O2S/c1-21-19-22-11-16(20)18(23-19)15-12-24(17-10-6-5-9-14(15)17)27(25,26)13-7-3-2-4-8-13/h2-11,15H,12H2,1H3,(H,21,22,23). The monoisotopic (exact) mass is 400 g/mol. The molecule has 8 heteroatoms. The zero-order valence-corrected chi connectivity index (χ0v) is 16.1. The Bertz CT molecular complexity index is 1090. The number of sulfonamides is 1. The third kappa shape index (κ3) is 3.02. The van der Waals surface area contributed by atoms with E-state index in [1.807, 2.05) is 24.3 Å². The van der Waals surface area contributed by atoms with Gasteiger partial charge in [-0.25, -0.2) is 18.4 Å². The molecule has 1 aromatic heterocycles. The number of halogens is 1. The van der Waals surface area contributed by atoms with Gasteiger partial charge in [0, 0.05) is 19.5 Å². The first kappa shape index (κ1) is 17.8. The first-order valence-electron chi connectivity index (χ1n) is 8.39. The van der Waals surface area contributed by atoms with E-state index >= 15 is 0 Å². The predicted octanol–water partition coefficient (Wildman–Crippen LogP) is 3.51. The van der Waals surface area contributed by atoms with Gasteiger partial charge >= 0.3 is 0 Å². The van der Waals surface area contributed by atoms with E-state index in [0.717, 1.165) is 5.56 Å². The molecule has 0 aliphatic carbocycles. The highest BCUT2D eigenvalue weighted by Gasteiger charge is 2.38. The highest BCUT2D eigenvalue weighted by Crippen LogP contribution is 2.43. The molecule has 1 aliphatic heterocycles. The number of nitrogens with one attached hydrogen (secondary N) is 1. The summed E-state index contributed by atoms with van der Waals surface area (Å²) in [4.78, 5) is 8.85. The van der Waals surface area contributed by atoms with E-state index in [1.54, 1.807) is 37.4 Å². The highest BCUT2D eigenvalue weighted by atomic mass is 35.5. The van der Waals surface area contributed by atoms with E-state index in [1.165, 1.54) is 10.5 Å². The van der Waals surface area contributed by atoms with Gasteiger partial charge in [0.15, 0.2) is 0 Å². The van der Waals surface area contributed by atoms with Gasteiger partial charge in [0.1, 0.15) is 0 Å². The lowest BCUT2D eigenvalue weighted by molar-refractivity contribution is 0.591. The molecule has 0 spiro atoms. The Kier molecular flexibility index (Phi) is 4.49. The Labute approximate surface area is 162 Å². The number of benzene rings is 2. The minimum atomic E-state index is -3.69. The maximum absolute atomic E-state index is 13.2. The summed E-state index contributed by atoms with van der Waals surface area (Å²) in [6.45, 7) is 0.233. The molecule has 4 rings (SSSR count). The Morgan fingerprint density at radius 2 is 1.81 bits per heavy atom. The van der Waals surface area contributed by atoms with E-state index in [0.29, 0.717) is 22.4 Å². The average molecular weight is 401 g/mol. The first-order chi connectivity index (χ1) is 13.0. The molecule has 6 nitrogen and oxygen atoms in total. The Hall–Kier alpha value is -2.64. The second-order valence-electron chi connectivity index (χ2n) is 6.14. The molecule has 27 heavy (non-hydrogen) atoms. The zero-order chi connectivity index (χ0) is 19.0. The summed E-state index contributed by atoms with van der Waals surface area (Å²) < 4.78 is 27.9. The van der Waals surface area contributed by atoms with Crippen LogP contribution in [0.15, 0.2) is 65.7 Å². The van der Waals surface area contributed by atoms with Crippen molar-refractivity contribution in [2.45, 2.75) is 10.8 Å². The number of aromatic nitrogens is 2. The van der Waals surface area contributed by atoms with Gasteiger partial charge in [-0.15, -0.1) is 0 Å². The maximum atomic E-state index is 13.2. The molecule has 1 aliphatic rings. The van der Waals surface area contributed by atoms with Crippen LogP contribution in [0.1, 0.15) is 17.2 Å². The quantitative estimate of drug-likeness (QED) is 0.725. The molecule has 1 N–H and O–H groups in total. The zero-order valence-electron chi connectivity index (χ0n) is 14.5. The molecular formula is C19H17ClN4O2S. The SMILES string of the molecule is CNc1ncc(Cl)c(C2CN(S(=O)(=O)c3ccccc3)c3ccccc32)n1. The van der Waals surface area contributed by atoms with Crippen LogP contribution in [0.4, 0.5) is 11.6 Å². The van der Waals surface area contributed by atoms with Crippen LogP contribution < -0.4 is 9.62 Å². The van der Waals surface area contributed by atoms with Crippen molar-refractivity contribution < 1.29 is 8.42 Å². The molecule has 1 unspecified atom stereocenters. The Morgan fingerprint density at radius 1 is 1.11 bits per heavy atom. The summed E-state index contributed by atoms with van der Waals surface area (Å²) in [5, 5.41) is 3.31. The number of nitrogens with zero attached hydrogens (tertiary/aromatic N) is 3. The number of rotatable bonds is 4. The van der Waals surface area contributed by atoms with Gasteiger partial charge in [-0.3, -0.25) is 4.31 Å². The van der Waals surface area contributed by atoms with Crippen LogP contribution in [-0.2, 0) is 10.0 Å². The third-order valence-electron chi connectivity index (χ3n) is 4.59. The van der Waals surface area contributed by atoms with E-state index in [-0.39, 0.29) is 17.4 Å². The summed E-state index contributed by atoms with van der Waals surface area (Å²) in [7, 11) is -1.97.